The van der Waals surface area contributed by atoms with Gasteiger partial charge in [-0.3, -0.25) is 0 Å². The number of benzene rings is 1. The second-order valence-electron chi connectivity index (χ2n) is 7.71. The van der Waals surface area contributed by atoms with Crippen LogP contribution in [0.15, 0.2) is 30.9 Å². The van der Waals surface area contributed by atoms with Crippen LogP contribution in [0.5, 0.6) is 0 Å². The normalized spacial score (nSPS) is 15.5. The number of aryl methyl sites for hydroxylation is 2. The first kappa shape index (κ1) is 22.7. The molecule has 0 amide bonds. The minimum Gasteiger partial charge on any atom is -0.106 e. The highest BCUT2D eigenvalue weighted by Crippen LogP contribution is 2.33. The van der Waals surface area contributed by atoms with Crippen molar-refractivity contribution < 1.29 is 0 Å². The van der Waals surface area contributed by atoms with Gasteiger partial charge in [0, 0.05) is 0 Å². The molecule has 0 nitrogen and oxygen atoms in total. The molecule has 0 aromatic heterocycles. The van der Waals surface area contributed by atoms with Crippen LogP contribution in [0, 0.1) is 5.92 Å². The first-order chi connectivity index (χ1) is 12.7. The Labute approximate surface area is 163 Å². The monoisotopic (exact) mass is 354 g/mol. The predicted octanol–water partition coefficient (Wildman–Crippen LogP) is 8.33. The van der Waals surface area contributed by atoms with Gasteiger partial charge in [-0.1, -0.05) is 76.7 Å². The molecule has 1 fully saturated rings. The zero-order valence-corrected chi connectivity index (χ0v) is 18.0. The maximum atomic E-state index is 3.00. The first-order valence-electron chi connectivity index (χ1n) is 11.0. The van der Waals surface area contributed by atoms with Crippen molar-refractivity contribution in [3.05, 3.63) is 53.1 Å². The maximum Gasteiger partial charge on any atom is -0.0190 e. The molecular formula is C26H42. The van der Waals surface area contributed by atoms with E-state index in [0.29, 0.717) is 0 Å². The Morgan fingerprint density at radius 2 is 1.62 bits per heavy atom. The Kier molecular flexibility index (Phi) is 11.3. The standard InChI is InChI=1S/C24H38.C2H4/c1-5-8-13-22-17-16-21(12-6-2)24(23(22)7-3)18-19(4)20-14-10-9-11-15-20;1-2/h16-18,20H,5-15H2,1-4H3;1-2H2/b19-18+;. The molecule has 1 aromatic rings. The molecule has 0 bridgehead atoms. The highest BCUT2D eigenvalue weighted by molar-refractivity contribution is 5.62. The van der Waals surface area contributed by atoms with E-state index in [0.717, 1.165) is 5.92 Å². The van der Waals surface area contributed by atoms with Gasteiger partial charge in [0.2, 0.25) is 0 Å². The van der Waals surface area contributed by atoms with E-state index in [-0.39, 0.29) is 0 Å². The Balaban J connectivity index is 0.00000163. The number of allylic oxidation sites excluding steroid dienone is 1. The molecule has 26 heavy (non-hydrogen) atoms. The predicted molar refractivity (Wildman–Crippen MR) is 120 cm³/mol. The molecule has 0 aliphatic heterocycles. The summed E-state index contributed by atoms with van der Waals surface area (Å²) in [6, 6.07) is 4.85. The molecule has 1 aliphatic carbocycles. The van der Waals surface area contributed by atoms with E-state index in [9.17, 15) is 0 Å². The highest BCUT2D eigenvalue weighted by Gasteiger charge is 2.17. The van der Waals surface area contributed by atoms with E-state index in [1.807, 2.05) is 0 Å². The van der Waals surface area contributed by atoms with Gasteiger partial charge in [-0.2, -0.15) is 0 Å². The number of unbranched alkanes of at least 4 members (excludes halogenated alkanes) is 1. The molecule has 146 valence electrons. The van der Waals surface area contributed by atoms with Gasteiger partial charge in [-0.05, 0) is 73.6 Å². The first-order valence-corrected chi connectivity index (χ1v) is 11.0. The summed E-state index contributed by atoms with van der Waals surface area (Å²) in [6.45, 7) is 15.3. The zero-order chi connectivity index (χ0) is 19.4. The van der Waals surface area contributed by atoms with Crippen molar-refractivity contribution in [3.63, 3.8) is 0 Å². The molecule has 1 aromatic carbocycles. The Bertz CT molecular complexity index is 543. The summed E-state index contributed by atoms with van der Waals surface area (Å²) in [5.41, 5.74) is 8.02. The SMILES string of the molecule is C=C.CCCCc1ccc(CCC)c(/C=C(\C)C2CCCCC2)c1CC. The van der Waals surface area contributed by atoms with Crippen LogP contribution in [0.4, 0.5) is 0 Å². The van der Waals surface area contributed by atoms with E-state index >= 15 is 0 Å². The molecule has 0 heteroatoms. The third kappa shape index (κ3) is 6.45. The fraction of sp³-hybridized carbons (Fsp3) is 0.615. The van der Waals surface area contributed by atoms with E-state index in [4.69, 9.17) is 0 Å². The quantitative estimate of drug-likeness (QED) is 0.411. The number of rotatable bonds is 8. The van der Waals surface area contributed by atoms with Gasteiger partial charge in [-0.15, -0.1) is 13.2 Å². The summed E-state index contributed by atoms with van der Waals surface area (Å²) in [6.07, 6.45) is 17.1. The molecule has 0 radical (unpaired) electrons. The van der Waals surface area contributed by atoms with E-state index in [2.05, 4.69) is 59.1 Å². The van der Waals surface area contributed by atoms with Crippen LogP contribution in [-0.4, -0.2) is 0 Å². The van der Waals surface area contributed by atoms with Crippen LogP contribution in [0.1, 0.15) is 101 Å². The lowest BCUT2D eigenvalue weighted by Gasteiger charge is -2.24. The molecule has 0 N–H and O–H groups in total. The molecule has 0 spiro atoms. The summed E-state index contributed by atoms with van der Waals surface area (Å²) in [5.74, 6) is 0.831. The molecule has 1 aliphatic rings. The Hall–Kier alpha value is -1.30. The van der Waals surface area contributed by atoms with Crippen molar-refractivity contribution >= 4 is 6.08 Å². The molecule has 0 heterocycles. The molecule has 1 saturated carbocycles. The summed E-state index contributed by atoms with van der Waals surface area (Å²) in [5, 5.41) is 0. The van der Waals surface area contributed by atoms with Crippen molar-refractivity contribution in [2.45, 2.75) is 98.3 Å². The van der Waals surface area contributed by atoms with Gasteiger partial charge in [0.15, 0.2) is 0 Å². The zero-order valence-electron chi connectivity index (χ0n) is 18.0. The lowest BCUT2D eigenvalue weighted by molar-refractivity contribution is 0.404. The lowest BCUT2D eigenvalue weighted by Crippen LogP contribution is -2.08. The smallest absolute Gasteiger partial charge is 0.0190 e. The molecule has 0 atom stereocenters. The van der Waals surface area contributed by atoms with E-state index in [1.165, 1.54) is 70.6 Å². The number of hydrogen-bond acceptors (Lipinski definition) is 0. The third-order valence-corrected chi connectivity index (χ3v) is 5.84. The largest absolute Gasteiger partial charge is 0.106 e. The minimum absolute atomic E-state index is 0.831. The maximum absolute atomic E-state index is 3.00. The highest BCUT2D eigenvalue weighted by atomic mass is 14.2. The van der Waals surface area contributed by atoms with Crippen molar-refractivity contribution in [2.24, 2.45) is 5.92 Å². The van der Waals surface area contributed by atoms with E-state index < -0.39 is 0 Å². The van der Waals surface area contributed by atoms with Gasteiger partial charge in [-0.25, -0.2) is 0 Å². The topological polar surface area (TPSA) is 0 Å². The summed E-state index contributed by atoms with van der Waals surface area (Å²) in [4.78, 5) is 0. The molecular weight excluding hydrogens is 312 g/mol. The van der Waals surface area contributed by atoms with Crippen molar-refractivity contribution in [3.8, 4) is 0 Å². The van der Waals surface area contributed by atoms with Crippen molar-refractivity contribution in [1.82, 2.24) is 0 Å². The molecule has 0 unspecified atom stereocenters. The average molecular weight is 355 g/mol. The van der Waals surface area contributed by atoms with Crippen molar-refractivity contribution in [2.75, 3.05) is 0 Å². The Morgan fingerprint density at radius 3 is 2.19 bits per heavy atom. The summed E-state index contributed by atoms with van der Waals surface area (Å²) in [7, 11) is 0. The number of hydrogen-bond donors (Lipinski definition) is 0. The Morgan fingerprint density at radius 1 is 0.962 bits per heavy atom. The lowest BCUT2D eigenvalue weighted by atomic mass is 9.82. The second kappa shape index (κ2) is 13.0. The summed E-state index contributed by atoms with van der Waals surface area (Å²) >= 11 is 0. The van der Waals surface area contributed by atoms with Crippen LogP contribution in [-0.2, 0) is 19.3 Å². The van der Waals surface area contributed by atoms with Crippen LogP contribution >= 0.6 is 0 Å². The van der Waals surface area contributed by atoms with Gasteiger partial charge < -0.3 is 0 Å². The van der Waals surface area contributed by atoms with Crippen LogP contribution in [0.25, 0.3) is 6.08 Å². The second-order valence-corrected chi connectivity index (χ2v) is 7.71. The summed E-state index contributed by atoms with van der Waals surface area (Å²) < 4.78 is 0. The van der Waals surface area contributed by atoms with E-state index in [1.54, 1.807) is 27.8 Å². The van der Waals surface area contributed by atoms with Gasteiger partial charge in [0.1, 0.15) is 0 Å². The molecule has 0 saturated heterocycles. The minimum atomic E-state index is 0.831. The van der Waals surface area contributed by atoms with Gasteiger partial charge >= 0.3 is 0 Å². The average Bonchev–Trinajstić information content (AvgIpc) is 2.70. The van der Waals surface area contributed by atoms with Crippen LogP contribution < -0.4 is 0 Å². The molecule has 2 rings (SSSR count). The van der Waals surface area contributed by atoms with Crippen LogP contribution in [0.2, 0.25) is 0 Å². The third-order valence-electron chi connectivity index (χ3n) is 5.84. The van der Waals surface area contributed by atoms with Gasteiger partial charge in [0.05, 0.1) is 0 Å². The fourth-order valence-electron chi connectivity index (χ4n) is 4.35. The van der Waals surface area contributed by atoms with Crippen molar-refractivity contribution in [1.29, 1.82) is 0 Å². The van der Waals surface area contributed by atoms with Gasteiger partial charge in [0.25, 0.3) is 0 Å². The van der Waals surface area contributed by atoms with Crippen LogP contribution in [0.3, 0.4) is 0 Å². The fourth-order valence-corrected chi connectivity index (χ4v) is 4.35.